The van der Waals surface area contributed by atoms with Gasteiger partial charge in [0.05, 0.1) is 5.75 Å². The molecule has 1 aromatic carbocycles. The number of hydrogen-bond donors (Lipinski definition) is 1. The number of likely N-dealkylation sites (tertiary alicyclic amines) is 1. The third-order valence-electron chi connectivity index (χ3n) is 4.26. The maximum atomic E-state index is 12.2. The van der Waals surface area contributed by atoms with Gasteiger partial charge in [-0.05, 0) is 30.5 Å². The van der Waals surface area contributed by atoms with E-state index in [1.807, 2.05) is 12.1 Å². The van der Waals surface area contributed by atoms with E-state index in [4.69, 9.17) is 11.6 Å². The molecule has 1 N–H and O–H groups in total. The SMILES string of the molecule is O=C(NCc1ccc(Cl)cc1)N1CCC(N2C(=O)CSC2=O)CC1. The van der Waals surface area contributed by atoms with E-state index in [1.165, 1.54) is 4.90 Å². The van der Waals surface area contributed by atoms with Crippen LogP contribution in [0.1, 0.15) is 18.4 Å². The topological polar surface area (TPSA) is 69.7 Å². The molecule has 0 saturated carbocycles. The molecule has 128 valence electrons. The number of benzene rings is 1. The van der Waals surface area contributed by atoms with Crippen molar-refractivity contribution >= 4 is 40.5 Å². The fraction of sp³-hybridized carbons (Fsp3) is 0.438. The molecule has 0 unspecified atom stereocenters. The normalized spacial score (nSPS) is 19.0. The minimum absolute atomic E-state index is 0.0830. The van der Waals surface area contributed by atoms with Crippen LogP contribution in [0.25, 0.3) is 0 Å². The van der Waals surface area contributed by atoms with Gasteiger partial charge in [0.25, 0.3) is 5.24 Å². The first kappa shape index (κ1) is 17.1. The molecule has 3 rings (SSSR count). The Morgan fingerprint density at radius 2 is 1.88 bits per heavy atom. The fourth-order valence-corrected chi connectivity index (χ4v) is 3.84. The largest absolute Gasteiger partial charge is 0.334 e. The summed E-state index contributed by atoms with van der Waals surface area (Å²) in [5.41, 5.74) is 0.980. The molecule has 24 heavy (non-hydrogen) atoms. The molecule has 2 saturated heterocycles. The van der Waals surface area contributed by atoms with E-state index in [-0.39, 0.29) is 29.0 Å². The van der Waals surface area contributed by atoms with Crippen LogP contribution in [0.15, 0.2) is 24.3 Å². The molecule has 8 heteroatoms. The van der Waals surface area contributed by atoms with E-state index in [0.717, 1.165) is 17.3 Å². The van der Waals surface area contributed by atoms with Gasteiger partial charge in [0, 0.05) is 30.7 Å². The Morgan fingerprint density at radius 3 is 2.46 bits per heavy atom. The fourth-order valence-electron chi connectivity index (χ4n) is 2.94. The number of carbonyl (C=O) groups excluding carboxylic acids is 3. The molecule has 2 aliphatic rings. The second kappa shape index (κ2) is 7.44. The maximum Gasteiger partial charge on any atom is 0.317 e. The molecule has 2 fully saturated rings. The van der Waals surface area contributed by atoms with Crippen LogP contribution in [-0.4, -0.2) is 51.9 Å². The first-order valence-corrected chi connectivity index (χ1v) is 9.17. The molecule has 6 nitrogen and oxygen atoms in total. The first-order chi connectivity index (χ1) is 11.5. The Bertz CT molecular complexity index is 628. The van der Waals surface area contributed by atoms with Gasteiger partial charge in [-0.15, -0.1) is 0 Å². The minimum Gasteiger partial charge on any atom is -0.334 e. The van der Waals surface area contributed by atoms with Crippen LogP contribution in [0.3, 0.4) is 0 Å². The zero-order valence-corrected chi connectivity index (χ0v) is 14.6. The summed E-state index contributed by atoms with van der Waals surface area (Å²) < 4.78 is 0. The molecular weight excluding hydrogens is 350 g/mol. The highest BCUT2D eigenvalue weighted by Crippen LogP contribution is 2.26. The summed E-state index contributed by atoms with van der Waals surface area (Å²) in [6, 6.07) is 7.11. The molecule has 0 bridgehead atoms. The standard InChI is InChI=1S/C16H18ClN3O3S/c17-12-3-1-11(2-4-12)9-18-15(22)19-7-5-13(6-8-19)20-14(21)10-24-16(20)23/h1-4,13H,5-10H2,(H,18,22). The van der Waals surface area contributed by atoms with Crippen molar-refractivity contribution in [3.05, 3.63) is 34.9 Å². The molecule has 0 atom stereocenters. The lowest BCUT2D eigenvalue weighted by Gasteiger charge is -2.35. The van der Waals surface area contributed by atoms with Gasteiger partial charge in [0.15, 0.2) is 0 Å². The van der Waals surface area contributed by atoms with Crippen LogP contribution in [-0.2, 0) is 11.3 Å². The van der Waals surface area contributed by atoms with Crippen molar-refractivity contribution in [2.75, 3.05) is 18.8 Å². The molecule has 0 radical (unpaired) electrons. The Hall–Kier alpha value is -1.73. The minimum atomic E-state index is -0.161. The average molecular weight is 368 g/mol. The number of urea groups is 1. The summed E-state index contributed by atoms with van der Waals surface area (Å²) in [7, 11) is 0. The van der Waals surface area contributed by atoms with Gasteiger partial charge < -0.3 is 10.2 Å². The van der Waals surface area contributed by atoms with Gasteiger partial charge in [-0.25, -0.2) is 4.79 Å². The van der Waals surface area contributed by atoms with Gasteiger partial charge >= 0.3 is 6.03 Å². The summed E-state index contributed by atoms with van der Waals surface area (Å²) in [6.45, 7) is 1.52. The van der Waals surface area contributed by atoms with Crippen molar-refractivity contribution in [3.8, 4) is 0 Å². The van der Waals surface area contributed by atoms with E-state index in [0.29, 0.717) is 37.5 Å². The van der Waals surface area contributed by atoms with Crippen LogP contribution in [0.5, 0.6) is 0 Å². The third-order valence-corrected chi connectivity index (χ3v) is 5.35. The van der Waals surface area contributed by atoms with E-state index in [9.17, 15) is 14.4 Å². The number of hydrogen-bond acceptors (Lipinski definition) is 4. The lowest BCUT2D eigenvalue weighted by molar-refractivity contribution is -0.126. The number of thioether (sulfide) groups is 1. The van der Waals surface area contributed by atoms with Crippen LogP contribution in [0.4, 0.5) is 9.59 Å². The number of nitrogens with one attached hydrogen (secondary N) is 1. The number of amides is 4. The van der Waals surface area contributed by atoms with Crippen molar-refractivity contribution in [1.82, 2.24) is 15.1 Å². The number of imide groups is 1. The average Bonchev–Trinajstić information content (AvgIpc) is 2.93. The van der Waals surface area contributed by atoms with Crippen LogP contribution in [0, 0.1) is 0 Å². The summed E-state index contributed by atoms with van der Waals surface area (Å²) in [6.07, 6.45) is 1.26. The molecular formula is C16H18ClN3O3S. The van der Waals surface area contributed by atoms with Gasteiger partial charge in [-0.1, -0.05) is 35.5 Å². The van der Waals surface area contributed by atoms with Crippen molar-refractivity contribution in [2.24, 2.45) is 0 Å². The second-order valence-corrected chi connectivity index (χ2v) is 7.18. The number of halogens is 1. The van der Waals surface area contributed by atoms with Crippen molar-refractivity contribution in [1.29, 1.82) is 0 Å². The second-order valence-electron chi connectivity index (χ2n) is 5.82. The van der Waals surface area contributed by atoms with Crippen molar-refractivity contribution in [3.63, 3.8) is 0 Å². The molecule has 0 aromatic heterocycles. The van der Waals surface area contributed by atoms with Gasteiger partial charge in [0.1, 0.15) is 0 Å². The Morgan fingerprint density at radius 1 is 1.21 bits per heavy atom. The molecule has 1 aromatic rings. The zero-order valence-electron chi connectivity index (χ0n) is 13.0. The molecule has 0 aliphatic carbocycles. The Balaban J connectivity index is 1.47. The maximum absolute atomic E-state index is 12.2. The Labute approximate surface area is 149 Å². The smallest absolute Gasteiger partial charge is 0.317 e. The van der Waals surface area contributed by atoms with Crippen LogP contribution < -0.4 is 5.32 Å². The summed E-state index contributed by atoms with van der Waals surface area (Å²) in [5.74, 6) is 0.122. The van der Waals surface area contributed by atoms with Crippen molar-refractivity contribution in [2.45, 2.75) is 25.4 Å². The number of nitrogens with zero attached hydrogens (tertiary/aromatic N) is 2. The van der Waals surface area contributed by atoms with E-state index in [2.05, 4.69) is 5.32 Å². The monoisotopic (exact) mass is 367 g/mol. The molecule has 4 amide bonds. The molecule has 2 heterocycles. The predicted octanol–water partition coefficient (Wildman–Crippen LogP) is 2.71. The predicted molar refractivity (Wildman–Crippen MR) is 93.0 cm³/mol. The highest BCUT2D eigenvalue weighted by atomic mass is 35.5. The zero-order chi connectivity index (χ0) is 17.1. The lowest BCUT2D eigenvalue weighted by Crippen LogP contribution is -2.50. The quantitative estimate of drug-likeness (QED) is 0.891. The summed E-state index contributed by atoms with van der Waals surface area (Å²) in [5, 5.41) is 3.38. The molecule has 2 aliphatic heterocycles. The van der Waals surface area contributed by atoms with E-state index in [1.54, 1.807) is 17.0 Å². The van der Waals surface area contributed by atoms with E-state index >= 15 is 0 Å². The highest BCUT2D eigenvalue weighted by Gasteiger charge is 2.37. The van der Waals surface area contributed by atoms with Crippen molar-refractivity contribution < 1.29 is 14.4 Å². The van der Waals surface area contributed by atoms with Gasteiger partial charge in [0.2, 0.25) is 5.91 Å². The number of carbonyl (C=O) groups is 3. The Kier molecular flexibility index (Phi) is 5.30. The van der Waals surface area contributed by atoms with E-state index < -0.39 is 0 Å². The number of piperidine rings is 1. The van der Waals surface area contributed by atoms with Crippen LogP contribution >= 0.6 is 23.4 Å². The summed E-state index contributed by atoms with van der Waals surface area (Å²) in [4.78, 5) is 38.8. The summed E-state index contributed by atoms with van der Waals surface area (Å²) >= 11 is 6.89. The lowest BCUT2D eigenvalue weighted by atomic mass is 10.0. The van der Waals surface area contributed by atoms with Crippen LogP contribution in [0.2, 0.25) is 5.02 Å². The van der Waals surface area contributed by atoms with Gasteiger partial charge in [-0.2, -0.15) is 0 Å². The highest BCUT2D eigenvalue weighted by molar-refractivity contribution is 8.14. The number of rotatable bonds is 3. The van der Waals surface area contributed by atoms with Gasteiger partial charge in [-0.3, -0.25) is 14.5 Å². The first-order valence-electron chi connectivity index (χ1n) is 7.80. The molecule has 0 spiro atoms. The third kappa shape index (κ3) is 3.84.